The number of halogens is 1. The summed E-state index contributed by atoms with van der Waals surface area (Å²) < 4.78 is 7.94. The Morgan fingerprint density at radius 2 is 1.84 bits per heavy atom. The van der Waals surface area contributed by atoms with Crippen molar-refractivity contribution in [3.8, 4) is 5.75 Å². The number of nitrogens with zero attached hydrogens (tertiary/aromatic N) is 3. The number of hydrogen-bond acceptors (Lipinski definition) is 5. The molecule has 0 fully saturated rings. The lowest BCUT2D eigenvalue weighted by molar-refractivity contribution is -0.113. The van der Waals surface area contributed by atoms with Crippen molar-refractivity contribution >= 4 is 45.7 Å². The summed E-state index contributed by atoms with van der Waals surface area (Å²) >= 11 is 7.55. The van der Waals surface area contributed by atoms with Crippen LogP contribution in [0.1, 0.15) is 25.8 Å². The van der Waals surface area contributed by atoms with Gasteiger partial charge in [0.1, 0.15) is 5.75 Å². The first-order valence-corrected chi connectivity index (χ1v) is 11.7. The molecule has 0 bridgehead atoms. The number of anilines is 1. The van der Waals surface area contributed by atoms with Gasteiger partial charge in [0.05, 0.1) is 10.8 Å². The zero-order chi connectivity index (χ0) is 22.5. The molecule has 4 aromatic rings. The molecule has 1 aromatic heterocycles. The summed E-state index contributed by atoms with van der Waals surface area (Å²) in [4.78, 5) is 12.6. The monoisotopic (exact) mass is 466 g/mol. The van der Waals surface area contributed by atoms with Gasteiger partial charge in [0.15, 0.2) is 17.1 Å². The number of hydrogen-bond donors (Lipinski definition) is 1. The summed E-state index contributed by atoms with van der Waals surface area (Å²) in [6.45, 7) is 4.57. The second-order valence-electron chi connectivity index (χ2n) is 7.14. The van der Waals surface area contributed by atoms with Crippen LogP contribution in [-0.2, 0) is 11.3 Å². The quantitative estimate of drug-likeness (QED) is 0.324. The summed E-state index contributed by atoms with van der Waals surface area (Å²) in [5.74, 6) is 1.40. The number of benzene rings is 3. The minimum atomic E-state index is -0.346. The molecule has 1 N–H and O–H groups in total. The first kappa shape index (κ1) is 22.2. The van der Waals surface area contributed by atoms with E-state index in [9.17, 15) is 4.79 Å². The molecule has 1 unspecified atom stereocenters. The van der Waals surface area contributed by atoms with Gasteiger partial charge in [0.2, 0.25) is 5.91 Å². The van der Waals surface area contributed by atoms with Crippen LogP contribution in [0.4, 0.5) is 5.69 Å². The first-order valence-electron chi connectivity index (χ1n) is 10.3. The van der Waals surface area contributed by atoms with E-state index in [1.807, 2.05) is 79.1 Å². The molecule has 0 saturated carbocycles. The van der Waals surface area contributed by atoms with Gasteiger partial charge < -0.3 is 14.6 Å². The maximum atomic E-state index is 12.6. The van der Waals surface area contributed by atoms with Gasteiger partial charge in [-0.05, 0) is 37.4 Å². The lowest BCUT2D eigenvalue weighted by Gasteiger charge is -2.16. The Hall–Kier alpha value is -3.03. The Kier molecular flexibility index (Phi) is 6.97. The Morgan fingerprint density at radius 1 is 1.09 bits per heavy atom. The van der Waals surface area contributed by atoms with Crippen LogP contribution in [0.5, 0.6) is 5.75 Å². The molecule has 4 rings (SSSR count). The SMILES string of the molecule is CCn1c(SCC(=O)Nc2cccc3ccccc23)nnc1C(C)Oc1ccccc1Cl. The van der Waals surface area contributed by atoms with Crippen molar-refractivity contribution in [2.45, 2.75) is 31.7 Å². The van der Waals surface area contributed by atoms with Crippen LogP contribution < -0.4 is 10.1 Å². The van der Waals surface area contributed by atoms with Gasteiger partial charge in [-0.1, -0.05) is 71.9 Å². The van der Waals surface area contributed by atoms with E-state index in [1.54, 1.807) is 6.07 Å². The number of aromatic nitrogens is 3. The molecule has 1 atom stereocenters. The van der Waals surface area contributed by atoms with Crippen molar-refractivity contribution in [1.82, 2.24) is 14.8 Å². The van der Waals surface area contributed by atoms with E-state index in [0.717, 1.165) is 16.5 Å². The highest BCUT2D eigenvalue weighted by molar-refractivity contribution is 7.99. The number of ether oxygens (including phenoxy) is 1. The number of thioether (sulfide) groups is 1. The predicted molar refractivity (Wildman–Crippen MR) is 129 cm³/mol. The van der Waals surface area contributed by atoms with Crippen LogP contribution in [0.25, 0.3) is 10.8 Å². The molecular formula is C24H23ClN4O2S. The first-order chi connectivity index (χ1) is 15.6. The van der Waals surface area contributed by atoms with Crippen molar-refractivity contribution < 1.29 is 9.53 Å². The molecule has 1 amide bonds. The molecule has 0 spiro atoms. The maximum Gasteiger partial charge on any atom is 0.234 e. The van der Waals surface area contributed by atoms with Crippen molar-refractivity contribution in [3.05, 3.63) is 77.6 Å². The topological polar surface area (TPSA) is 69.0 Å². The fourth-order valence-electron chi connectivity index (χ4n) is 3.44. The molecule has 0 radical (unpaired) electrons. The fraction of sp³-hybridized carbons (Fsp3) is 0.208. The van der Waals surface area contributed by atoms with Crippen LogP contribution in [0.3, 0.4) is 0 Å². The zero-order valence-corrected chi connectivity index (χ0v) is 19.4. The normalized spacial score (nSPS) is 12.0. The Balaban J connectivity index is 1.43. The summed E-state index contributed by atoms with van der Waals surface area (Å²) in [5.41, 5.74) is 0.799. The molecule has 3 aromatic carbocycles. The number of nitrogens with one attached hydrogen (secondary N) is 1. The van der Waals surface area contributed by atoms with Crippen LogP contribution in [0.15, 0.2) is 71.9 Å². The molecule has 8 heteroatoms. The summed E-state index contributed by atoms with van der Waals surface area (Å²) in [6.07, 6.45) is -0.346. The average molecular weight is 467 g/mol. The smallest absolute Gasteiger partial charge is 0.234 e. The van der Waals surface area contributed by atoms with E-state index in [0.29, 0.717) is 28.3 Å². The van der Waals surface area contributed by atoms with Gasteiger partial charge in [-0.15, -0.1) is 10.2 Å². The third kappa shape index (κ3) is 4.89. The third-order valence-corrected chi connectivity index (χ3v) is 6.24. The van der Waals surface area contributed by atoms with Crippen LogP contribution in [-0.4, -0.2) is 26.4 Å². The van der Waals surface area contributed by atoms with E-state index >= 15 is 0 Å². The van der Waals surface area contributed by atoms with Gasteiger partial charge in [-0.25, -0.2) is 0 Å². The fourth-order valence-corrected chi connectivity index (χ4v) is 4.43. The highest BCUT2D eigenvalue weighted by Crippen LogP contribution is 2.29. The molecule has 32 heavy (non-hydrogen) atoms. The number of carbonyl (C=O) groups is 1. The number of fused-ring (bicyclic) bond motifs is 1. The summed E-state index contributed by atoms with van der Waals surface area (Å²) in [5, 5.41) is 14.9. The third-order valence-electron chi connectivity index (χ3n) is 4.96. The minimum Gasteiger partial charge on any atom is -0.481 e. The van der Waals surface area contributed by atoms with E-state index in [-0.39, 0.29) is 17.8 Å². The molecule has 0 aliphatic heterocycles. The highest BCUT2D eigenvalue weighted by Gasteiger charge is 2.20. The Labute approximate surface area is 195 Å². The van der Waals surface area contributed by atoms with Crippen molar-refractivity contribution in [3.63, 3.8) is 0 Å². The van der Waals surface area contributed by atoms with E-state index in [1.165, 1.54) is 11.8 Å². The number of amides is 1. The zero-order valence-electron chi connectivity index (χ0n) is 17.8. The standard InChI is InChI=1S/C24H23ClN4O2S/c1-3-29-23(16(2)31-21-14-7-6-12-19(21)25)27-28-24(29)32-15-22(30)26-20-13-8-10-17-9-4-5-11-18(17)20/h4-14,16H,3,15H2,1-2H3,(H,26,30). The van der Waals surface area contributed by atoms with Gasteiger partial charge in [-0.3, -0.25) is 4.79 Å². The van der Waals surface area contributed by atoms with Crippen LogP contribution in [0.2, 0.25) is 5.02 Å². The van der Waals surface area contributed by atoms with Gasteiger partial charge >= 0.3 is 0 Å². The largest absolute Gasteiger partial charge is 0.481 e. The van der Waals surface area contributed by atoms with E-state index in [2.05, 4.69) is 15.5 Å². The van der Waals surface area contributed by atoms with Crippen LogP contribution in [0, 0.1) is 0 Å². The number of carbonyl (C=O) groups excluding carboxylic acids is 1. The number of rotatable bonds is 8. The van der Waals surface area contributed by atoms with Crippen molar-refractivity contribution in [2.24, 2.45) is 0 Å². The predicted octanol–water partition coefficient (Wildman–Crippen LogP) is 5.98. The second kappa shape index (κ2) is 10.1. The molecule has 0 aliphatic carbocycles. The van der Waals surface area contributed by atoms with Crippen molar-refractivity contribution in [1.29, 1.82) is 0 Å². The molecular weight excluding hydrogens is 444 g/mol. The second-order valence-corrected chi connectivity index (χ2v) is 8.49. The maximum absolute atomic E-state index is 12.6. The average Bonchev–Trinajstić information content (AvgIpc) is 3.22. The molecule has 0 saturated heterocycles. The minimum absolute atomic E-state index is 0.0982. The molecule has 0 aliphatic rings. The highest BCUT2D eigenvalue weighted by atomic mass is 35.5. The Bertz CT molecular complexity index is 1240. The molecule has 164 valence electrons. The molecule has 1 heterocycles. The Morgan fingerprint density at radius 3 is 2.66 bits per heavy atom. The summed E-state index contributed by atoms with van der Waals surface area (Å²) in [7, 11) is 0. The molecule has 6 nitrogen and oxygen atoms in total. The van der Waals surface area contributed by atoms with Gasteiger partial charge in [-0.2, -0.15) is 0 Å². The van der Waals surface area contributed by atoms with Gasteiger partial charge in [0.25, 0.3) is 0 Å². The van der Waals surface area contributed by atoms with Gasteiger partial charge in [0, 0.05) is 17.6 Å². The van der Waals surface area contributed by atoms with Crippen molar-refractivity contribution in [2.75, 3.05) is 11.1 Å². The van der Waals surface area contributed by atoms with E-state index in [4.69, 9.17) is 16.3 Å². The van der Waals surface area contributed by atoms with Crippen LogP contribution >= 0.6 is 23.4 Å². The lowest BCUT2D eigenvalue weighted by atomic mass is 10.1. The summed E-state index contributed by atoms with van der Waals surface area (Å²) in [6, 6.07) is 21.2. The lowest BCUT2D eigenvalue weighted by Crippen LogP contribution is -2.15. The van der Waals surface area contributed by atoms with E-state index < -0.39 is 0 Å². The number of para-hydroxylation sites is 1.